The van der Waals surface area contributed by atoms with Crippen LogP contribution in [-0.2, 0) is 6.42 Å². The maximum Gasteiger partial charge on any atom is 0.256 e. The molecule has 1 amide bonds. The summed E-state index contributed by atoms with van der Waals surface area (Å²) in [5, 5.41) is 11.7. The summed E-state index contributed by atoms with van der Waals surface area (Å²) >= 11 is 2.15. The molecule has 2 aromatic rings. The second kappa shape index (κ2) is 6.68. The molecule has 0 bridgehead atoms. The fourth-order valence-corrected chi connectivity index (χ4v) is 2.36. The molecule has 0 aliphatic carbocycles. The number of carbonyl (C=O) groups is 1. The number of halogens is 1. The summed E-state index contributed by atoms with van der Waals surface area (Å²) < 4.78 is 0.925. The van der Waals surface area contributed by atoms with Gasteiger partial charge in [-0.2, -0.15) is 0 Å². The van der Waals surface area contributed by atoms with Gasteiger partial charge in [0.1, 0.15) is 0 Å². The second-order valence-corrected chi connectivity index (χ2v) is 5.27. The van der Waals surface area contributed by atoms with E-state index in [1.807, 2.05) is 42.5 Å². The number of anilines is 1. The Kier molecular flexibility index (Phi) is 4.93. The van der Waals surface area contributed by atoms with Crippen LogP contribution < -0.4 is 5.32 Å². The van der Waals surface area contributed by atoms with Crippen LogP contribution in [-0.4, -0.2) is 17.6 Å². The van der Waals surface area contributed by atoms with Crippen LogP contribution >= 0.6 is 22.6 Å². The Balaban J connectivity index is 2.09. The highest BCUT2D eigenvalue weighted by molar-refractivity contribution is 14.1. The molecule has 0 fully saturated rings. The summed E-state index contributed by atoms with van der Waals surface area (Å²) in [6.07, 6.45) is 0.630. The summed E-state index contributed by atoms with van der Waals surface area (Å²) in [6, 6.07) is 15.0. The monoisotopic (exact) mass is 367 g/mol. The highest BCUT2D eigenvalue weighted by Gasteiger charge is 2.09. The van der Waals surface area contributed by atoms with Gasteiger partial charge in [-0.15, -0.1) is 0 Å². The smallest absolute Gasteiger partial charge is 0.256 e. The van der Waals surface area contributed by atoms with Crippen LogP contribution in [0.15, 0.2) is 48.5 Å². The minimum absolute atomic E-state index is 0.111. The second-order valence-electron chi connectivity index (χ2n) is 4.10. The van der Waals surface area contributed by atoms with Crippen molar-refractivity contribution in [3.8, 4) is 0 Å². The van der Waals surface area contributed by atoms with Gasteiger partial charge >= 0.3 is 0 Å². The molecule has 2 rings (SSSR count). The first kappa shape index (κ1) is 14.0. The molecule has 98 valence electrons. The van der Waals surface area contributed by atoms with Crippen molar-refractivity contribution in [2.45, 2.75) is 6.42 Å². The van der Waals surface area contributed by atoms with E-state index in [2.05, 4.69) is 27.9 Å². The molecular formula is C15H14INO2. The SMILES string of the molecule is O=C(Nc1ccc(CCO)cc1)c1ccccc1I. The molecule has 4 heteroatoms. The van der Waals surface area contributed by atoms with Gasteiger partial charge in [0.05, 0.1) is 5.56 Å². The Morgan fingerprint density at radius 2 is 1.79 bits per heavy atom. The topological polar surface area (TPSA) is 49.3 Å². The summed E-state index contributed by atoms with van der Waals surface area (Å²) in [5.41, 5.74) is 2.48. The van der Waals surface area contributed by atoms with Gasteiger partial charge in [-0.05, 0) is 58.8 Å². The zero-order valence-corrected chi connectivity index (χ0v) is 12.4. The minimum atomic E-state index is -0.111. The summed E-state index contributed by atoms with van der Waals surface area (Å²) in [5.74, 6) is -0.111. The lowest BCUT2D eigenvalue weighted by Crippen LogP contribution is -2.13. The largest absolute Gasteiger partial charge is 0.396 e. The predicted octanol–water partition coefficient (Wildman–Crippen LogP) is 3.08. The number of aliphatic hydroxyl groups is 1. The first-order chi connectivity index (χ1) is 9.20. The van der Waals surface area contributed by atoms with Crippen molar-refractivity contribution in [3.05, 3.63) is 63.2 Å². The molecule has 0 aliphatic heterocycles. The third-order valence-corrected chi connectivity index (χ3v) is 3.67. The van der Waals surface area contributed by atoms with Crippen molar-refractivity contribution in [2.75, 3.05) is 11.9 Å². The molecule has 0 aliphatic rings. The predicted molar refractivity (Wildman–Crippen MR) is 84.3 cm³/mol. The number of aliphatic hydroxyl groups excluding tert-OH is 1. The highest BCUT2D eigenvalue weighted by atomic mass is 127. The molecular weight excluding hydrogens is 353 g/mol. The first-order valence-corrected chi connectivity index (χ1v) is 7.04. The van der Waals surface area contributed by atoms with E-state index in [0.717, 1.165) is 14.8 Å². The van der Waals surface area contributed by atoms with Crippen molar-refractivity contribution in [3.63, 3.8) is 0 Å². The molecule has 0 saturated heterocycles. The fourth-order valence-electron chi connectivity index (χ4n) is 1.73. The quantitative estimate of drug-likeness (QED) is 0.817. The number of amides is 1. The van der Waals surface area contributed by atoms with E-state index in [4.69, 9.17) is 5.11 Å². The summed E-state index contributed by atoms with van der Waals surface area (Å²) in [4.78, 5) is 12.1. The minimum Gasteiger partial charge on any atom is -0.396 e. The van der Waals surface area contributed by atoms with Crippen molar-refractivity contribution in [1.29, 1.82) is 0 Å². The van der Waals surface area contributed by atoms with Gasteiger partial charge in [0.2, 0.25) is 0 Å². The zero-order valence-electron chi connectivity index (χ0n) is 10.3. The number of rotatable bonds is 4. The number of benzene rings is 2. The Labute approximate surface area is 125 Å². The molecule has 0 spiro atoms. The third kappa shape index (κ3) is 3.78. The van der Waals surface area contributed by atoms with Crippen LogP contribution in [0.3, 0.4) is 0 Å². The standard InChI is InChI=1S/C15H14INO2/c16-14-4-2-1-3-13(14)15(19)17-12-7-5-11(6-8-12)9-10-18/h1-8,18H,9-10H2,(H,17,19). The molecule has 19 heavy (non-hydrogen) atoms. The van der Waals surface area contributed by atoms with Crippen LogP contribution in [0.5, 0.6) is 0 Å². The molecule has 0 heterocycles. The average molecular weight is 367 g/mol. The average Bonchev–Trinajstić information content (AvgIpc) is 2.42. The maximum absolute atomic E-state index is 12.1. The van der Waals surface area contributed by atoms with E-state index < -0.39 is 0 Å². The van der Waals surface area contributed by atoms with Crippen LogP contribution in [0.1, 0.15) is 15.9 Å². The van der Waals surface area contributed by atoms with Gasteiger partial charge < -0.3 is 10.4 Å². The molecule has 0 saturated carbocycles. The van der Waals surface area contributed by atoms with E-state index >= 15 is 0 Å². The Hall–Kier alpha value is -1.40. The molecule has 0 atom stereocenters. The van der Waals surface area contributed by atoms with E-state index in [0.29, 0.717) is 12.0 Å². The lowest BCUT2D eigenvalue weighted by molar-refractivity contribution is 0.102. The molecule has 2 N–H and O–H groups in total. The normalized spacial score (nSPS) is 10.2. The van der Waals surface area contributed by atoms with Gasteiger partial charge in [-0.25, -0.2) is 0 Å². The van der Waals surface area contributed by atoms with E-state index in [9.17, 15) is 4.79 Å². The van der Waals surface area contributed by atoms with E-state index in [1.54, 1.807) is 6.07 Å². The van der Waals surface area contributed by atoms with Crippen LogP contribution in [0.2, 0.25) is 0 Å². The molecule has 2 aromatic carbocycles. The van der Waals surface area contributed by atoms with Crippen LogP contribution in [0, 0.1) is 3.57 Å². The van der Waals surface area contributed by atoms with Crippen molar-refractivity contribution >= 4 is 34.2 Å². The maximum atomic E-state index is 12.1. The summed E-state index contributed by atoms with van der Waals surface area (Å²) in [6.45, 7) is 0.133. The zero-order chi connectivity index (χ0) is 13.7. The van der Waals surface area contributed by atoms with Crippen molar-refractivity contribution in [1.82, 2.24) is 0 Å². The molecule has 3 nitrogen and oxygen atoms in total. The van der Waals surface area contributed by atoms with Gasteiger partial charge in [0, 0.05) is 15.9 Å². The lowest BCUT2D eigenvalue weighted by Gasteiger charge is -2.07. The number of nitrogens with one attached hydrogen (secondary N) is 1. The van der Waals surface area contributed by atoms with Gasteiger partial charge in [0.25, 0.3) is 5.91 Å². The number of hydrogen-bond acceptors (Lipinski definition) is 2. The van der Waals surface area contributed by atoms with Gasteiger partial charge in [0.15, 0.2) is 0 Å². The number of carbonyl (C=O) groups excluding carboxylic acids is 1. The molecule has 0 aromatic heterocycles. The lowest BCUT2D eigenvalue weighted by atomic mass is 10.1. The Morgan fingerprint density at radius 3 is 2.42 bits per heavy atom. The summed E-state index contributed by atoms with van der Waals surface area (Å²) in [7, 11) is 0. The van der Waals surface area contributed by atoms with Crippen molar-refractivity contribution in [2.24, 2.45) is 0 Å². The fraction of sp³-hybridized carbons (Fsp3) is 0.133. The highest BCUT2D eigenvalue weighted by Crippen LogP contribution is 2.15. The Morgan fingerprint density at radius 1 is 1.11 bits per heavy atom. The van der Waals surface area contributed by atoms with Crippen LogP contribution in [0.25, 0.3) is 0 Å². The number of hydrogen-bond donors (Lipinski definition) is 2. The van der Waals surface area contributed by atoms with Gasteiger partial charge in [-0.1, -0.05) is 24.3 Å². The molecule has 0 unspecified atom stereocenters. The van der Waals surface area contributed by atoms with E-state index in [-0.39, 0.29) is 12.5 Å². The first-order valence-electron chi connectivity index (χ1n) is 5.96. The van der Waals surface area contributed by atoms with Gasteiger partial charge in [-0.3, -0.25) is 4.79 Å². The van der Waals surface area contributed by atoms with Crippen LogP contribution in [0.4, 0.5) is 5.69 Å². The third-order valence-electron chi connectivity index (χ3n) is 2.73. The van der Waals surface area contributed by atoms with Crippen molar-refractivity contribution < 1.29 is 9.90 Å². The molecule has 0 radical (unpaired) electrons. The van der Waals surface area contributed by atoms with E-state index in [1.165, 1.54) is 0 Å². The Bertz CT molecular complexity index is 567.